The zero-order chi connectivity index (χ0) is 19.1. The minimum Gasteiger partial charge on any atom is -0.494 e. The van der Waals surface area contributed by atoms with Crippen LogP contribution in [0.1, 0.15) is 37.0 Å². The summed E-state index contributed by atoms with van der Waals surface area (Å²) >= 11 is 0. The molecule has 0 spiro atoms. The van der Waals surface area contributed by atoms with Crippen LogP contribution in [0.5, 0.6) is 5.75 Å². The number of rotatable bonds is 7. The van der Waals surface area contributed by atoms with E-state index in [1.807, 2.05) is 31.9 Å². The average Bonchev–Trinajstić information content (AvgIpc) is 3.08. The zero-order valence-corrected chi connectivity index (χ0v) is 18.7. The van der Waals surface area contributed by atoms with Gasteiger partial charge in [0.2, 0.25) is 5.89 Å². The lowest BCUT2D eigenvalue weighted by molar-refractivity contribution is 0.370. The summed E-state index contributed by atoms with van der Waals surface area (Å²) in [5.41, 5.74) is 0.826. The Hall–Kier alpha value is -1.91. The topological polar surface area (TPSA) is 75.8 Å². The van der Waals surface area contributed by atoms with Crippen molar-refractivity contribution < 1.29 is 13.7 Å². The van der Waals surface area contributed by atoms with E-state index in [4.69, 9.17) is 9.26 Å². The van der Waals surface area contributed by atoms with Crippen molar-refractivity contribution in [2.75, 3.05) is 27.7 Å². The van der Waals surface area contributed by atoms with Gasteiger partial charge in [-0.1, -0.05) is 25.1 Å². The molecule has 1 N–H and O–H groups in total. The van der Waals surface area contributed by atoms with Crippen molar-refractivity contribution in [3.63, 3.8) is 0 Å². The first kappa shape index (κ1) is 23.1. The van der Waals surface area contributed by atoms with Crippen molar-refractivity contribution in [1.29, 1.82) is 0 Å². The highest BCUT2D eigenvalue weighted by atomic mass is 127. The average molecular weight is 491 g/mol. The van der Waals surface area contributed by atoms with Crippen molar-refractivity contribution >= 4 is 29.9 Å². The van der Waals surface area contributed by atoms with Gasteiger partial charge >= 0.3 is 0 Å². The fraction of sp³-hybridized carbons (Fsp3) is 0.500. The third kappa shape index (κ3) is 6.64. The van der Waals surface area contributed by atoms with Gasteiger partial charge in [0.1, 0.15) is 0 Å². The predicted octanol–water partition coefficient (Wildman–Crippen LogP) is 3.21. The SMILES string of the molecule is CN=C(NCCc1nc(C(C)C)no1)N(C)Cc1ccc(OC)c(F)c1.I. The molecule has 1 aromatic heterocycles. The first-order chi connectivity index (χ1) is 12.4. The van der Waals surface area contributed by atoms with Gasteiger partial charge in [-0.05, 0) is 17.7 Å². The second-order valence-corrected chi connectivity index (χ2v) is 6.25. The van der Waals surface area contributed by atoms with Gasteiger partial charge in [-0.2, -0.15) is 4.98 Å². The summed E-state index contributed by atoms with van der Waals surface area (Å²) in [5.74, 6) is 2.10. The largest absolute Gasteiger partial charge is 0.494 e. The summed E-state index contributed by atoms with van der Waals surface area (Å²) in [4.78, 5) is 10.5. The molecule has 0 atom stereocenters. The standard InChI is InChI=1S/C18H26FN5O2.HI/c1-12(2)17-22-16(26-23-17)8-9-21-18(20-3)24(4)11-13-6-7-15(25-5)14(19)10-13;/h6-7,10,12H,8-9,11H2,1-5H3,(H,20,21);1H. The number of aliphatic imine (C=N–C) groups is 1. The molecular formula is C18H27FIN5O2. The monoisotopic (exact) mass is 491 g/mol. The molecule has 0 bridgehead atoms. The molecule has 0 aliphatic rings. The molecule has 9 heteroatoms. The van der Waals surface area contributed by atoms with E-state index in [1.54, 1.807) is 13.1 Å². The van der Waals surface area contributed by atoms with E-state index >= 15 is 0 Å². The van der Waals surface area contributed by atoms with Crippen LogP contribution in [0, 0.1) is 5.82 Å². The number of aromatic nitrogens is 2. The predicted molar refractivity (Wildman–Crippen MR) is 113 cm³/mol. The van der Waals surface area contributed by atoms with Crippen molar-refractivity contribution in [1.82, 2.24) is 20.4 Å². The fourth-order valence-electron chi connectivity index (χ4n) is 2.43. The third-order valence-corrected chi connectivity index (χ3v) is 3.83. The Morgan fingerprint density at radius 1 is 1.41 bits per heavy atom. The van der Waals surface area contributed by atoms with Gasteiger partial charge in [0.05, 0.1) is 7.11 Å². The van der Waals surface area contributed by atoms with Crippen LogP contribution in [-0.4, -0.2) is 48.8 Å². The summed E-state index contributed by atoms with van der Waals surface area (Å²) in [6.07, 6.45) is 0.601. The van der Waals surface area contributed by atoms with Gasteiger partial charge in [0.15, 0.2) is 23.4 Å². The molecule has 1 heterocycles. The van der Waals surface area contributed by atoms with E-state index in [0.29, 0.717) is 37.2 Å². The molecule has 7 nitrogen and oxygen atoms in total. The second-order valence-electron chi connectivity index (χ2n) is 6.25. The molecule has 0 radical (unpaired) electrons. The van der Waals surface area contributed by atoms with Gasteiger partial charge in [0.25, 0.3) is 0 Å². The molecule has 0 amide bonds. The molecule has 0 fully saturated rings. The summed E-state index contributed by atoms with van der Waals surface area (Å²) in [6, 6.07) is 4.92. The van der Waals surface area contributed by atoms with Gasteiger partial charge in [-0.3, -0.25) is 4.99 Å². The van der Waals surface area contributed by atoms with E-state index in [9.17, 15) is 4.39 Å². The maximum atomic E-state index is 13.8. The molecular weight excluding hydrogens is 464 g/mol. The molecule has 0 saturated heterocycles. The first-order valence-electron chi connectivity index (χ1n) is 8.51. The van der Waals surface area contributed by atoms with E-state index in [-0.39, 0.29) is 41.5 Å². The summed E-state index contributed by atoms with van der Waals surface area (Å²) < 4.78 is 24.0. The van der Waals surface area contributed by atoms with Crippen molar-refractivity contribution in [3.8, 4) is 5.75 Å². The normalized spacial score (nSPS) is 11.3. The highest BCUT2D eigenvalue weighted by Crippen LogP contribution is 2.18. The van der Waals surface area contributed by atoms with Gasteiger partial charge in [0, 0.05) is 39.5 Å². The first-order valence-corrected chi connectivity index (χ1v) is 8.51. The zero-order valence-electron chi connectivity index (χ0n) is 16.3. The van der Waals surface area contributed by atoms with Gasteiger partial charge in [-0.25, -0.2) is 4.39 Å². The van der Waals surface area contributed by atoms with E-state index in [1.165, 1.54) is 13.2 Å². The van der Waals surface area contributed by atoms with Crippen molar-refractivity contribution in [2.24, 2.45) is 4.99 Å². The van der Waals surface area contributed by atoms with E-state index in [2.05, 4.69) is 20.4 Å². The van der Waals surface area contributed by atoms with Crippen LogP contribution in [0.15, 0.2) is 27.7 Å². The Morgan fingerprint density at radius 2 is 2.15 bits per heavy atom. The number of methoxy groups -OCH3 is 1. The van der Waals surface area contributed by atoms with Crippen LogP contribution in [0.4, 0.5) is 4.39 Å². The number of nitrogens with one attached hydrogen (secondary N) is 1. The lowest BCUT2D eigenvalue weighted by atomic mass is 10.2. The highest BCUT2D eigenvalue weighted by Gasteiger charge is 2.12. The summed E-state index contributed by atoms with van der Waals surface area (Å²) in [6.45, 7) is 5.16. The van der Waals surface area contributed by atoms with Gasteiger partial charge in [-0.15, -0.1) is 24.0 Å². The Balaban J connectivity index is 0.00000364. The van der Waals surface area contributed by atoms with Crippen LogP contribution in [-0.2, 0) is 13.0 Å². The molecule has 0 aliphatic carbocycles. The molecule has 2 rings (SSSR count). The van der Waals surface area contributed by atoms with Crippen LogP contribution < -0.4 is 10.1 Å². The highest BCUT2D eigenvalue weighted by molar-refractivity contribution is 14.0. The number of hydrogen-bond acceptors (Lipinski definition) is 5. The van der Waals surface area contributed by atoms with Crippen LogP contribution in [0.2, 0.25) is 0 Å². The maximum absolute atomic E-state index is 13.8. The Labute approximate surface area is 176 Å². The number of benzene rings is 1. The smallest absolute Gasteiger partial charge is 0.228 e. The maximum Gasteiger partial charge on any atom is 0.228 e. The molecule has 27 heavy (non-hydrogen) atoms. The lowest BCUT2D eigenvalue weighted by Gasteiger charge is -2.22. The Kier molecular flexibility index (Phi) is 9.47. The van der Waals surface area contributed by atoms with Crippen molar-refractivity contribution in [2.45, 2.75) is 32.7 Å². The fourth-order valence-corrected chi connectivity index (χ4v) is 2.43. The summed E-state index contributed by atoms with van der Waals surface area (Å²) in [7, 11) is 5.04. The number of halogens is 2. The van der Waals surface area contributed by atoms with E-state index < -0.39 is 0 Å². The second kappa shape index (κ2) is 11.1. The number of nitrogens with zero attached hydrogens (tertiary/aromatic N) is 4. The van der Waals surface area contributed by atoms with Crippen LogP contribution in [0.25, 0.3) is 0 Å². The number of hydrogen-bond donors (Lipinski definition) is 1. The Morgan fingerprint density at radius 3 is 2.70 bits per heavy atom. The molecule has 2 aromatic rings. The number of guanidine groups is 1. The molecule has 1 aromatic carbocycles. The molecule has 0 aliphatic heterocycles. The third-order valence-electron chi connectivity index (χ3n) is 3.83. The summed E-state index contributed by atoms with van der Waals surface area (Å²) in [5, 5.41) is 7.19. The minimum absolute atomic E-state index is 0. The quantitative estimate of drug-likeness (QED) is 0.364. The molecule has 150 valence electrons. The minimum atomic E-state index is -0.376. The Bertz CT molecular complexity index is 751. The lowest BCUT2D eigenvalue weighted by Crippen LogP contribution is -2.39. The van der Waals surface area contributed by atoms with E-state index in [0.717, 1.165) is 5.56 Å². The number of ether oxygens (including phenoxy) is 1. The molecule has 0 saturated carbocycles. The van der Waals surface area contributed by atoms with Crippen molar-refractivity contribution in [3.05, 3.63) is 41.3 Å². The molecule has 0 unspecified atom stereocenters. The van der Waals surface area contributed by atoms with Gasteiger partial charge < -0.3 is 19.5 Å². The van der Waals surface area contributed by atoms with Crippen LogP contribution >= 0.6 is 24.0 Å². The van der Waals surface area contributed by atoms with Crippen LogP contribution in [0.3, 0.4) is 0 Å².